The van der Waals surface area contributed by atoms with Gasteiger partial charge < -0.3 is 0 Å². The first-order chi connectivity index (χ1) is 7.71. The van der Waals surface area contributed by atoms with Crippen LogP contribution in [0.2, 0.25) is 0 Å². The van der Waals surface area contributed by atoms with Crippen molar-refractivity contribution in [2.45, 2.75) is 32.9 Å². The van der Waals surface area contributed by atoms with Crippen molar-refractivity contribution >= 4 is 0 Å². The summed E-state index contributed by atoms with van der Waals surface area (Å²) in [5.74, 6) is -4.91. The summed E-state index contributed by atoms with van der Waals surface area (Å²) in [6.07, 6.45) is -5.25. The van der Waals surface area contributed by atoms with Gasteiger partial charge in [-0.25, -0.2) is 13.2 Å². The molecule has 0 spiro atoms. The maximum Gasteiger partial charge on any atom is 0.419 e. The van der Waals surface area contributed by atoms with E-state index in [0.717, 1.165) is 6.92 Å². The Hall–Kier alpha value is -1.20. The van der Waals surface area contributed by atoms with Gasteiger partial charge in [0.15, 0.2) is 11.6 Å². The molecular weight excluding hydrogens is 246 g/mol. The van der Waals surface area contributed by atoms with Gasteiger partial charge in [-0.1, -0.05) is 13.3 Å². The van der Waals surface area contributed by atoms with Crippen molar-refractivity contribution in [1.82, 2.24) is 0 Å². The Balaban J connectivity index is 3.66. The molecule has 0 aliphatic heterocycles. The van der Waals surface area contributed by atoms with Gasteiger partial charge in [-0.2, -0.15) is 13.2 Å². The summed E-state index contributed by atoms with van der Waals surface area (Å²) in [4.78, 5) is 0. The Morgan fingerprint density at radius 3 is 1.88 bits per heavy atom. The zero-order valence-corrected chi connectivity index (χ0v) is 9.18. The van der Waals surface area contributed by atoms with E-state index in [1.54, 1.807) is 0 Å². The first kappa shape index (κ1) is 13.9. The molecule has 0 aliphatic carbocycles. The second-order valence-corrected chi connectivity index (χ2v) is 3.67. The van der Waals surface area contributed by atoms with E-state index in [4.69, 9.17) is 0 Å². The second-order valence-electron chi connectivity index (χ2n) is 3.67. The second kappa shape index (κ2) is 4.58. The first-order valence-corrected chi connectivity index (χ1v) is 4.94. The van der Waals surface area contributed by atoms with Crippen molar-refractivity contribution in [1.29, 1.82) is 0 Å². The molecule has 0 amide bonds. The van der Waals surface area contributed by atoms with Crippen LogP contribution in [-0.4, -0.2) is 0 Å². The highest BCUT2D eigenvalue weighted by molar-refractivity contribution is 5.38. The summed E-state index contributed by atoms with van der Waals surface area (Å²) in [5.41, 5.74) is -3.59. The fraction of sp³-hybridized carbons (Fsp3) is 0.455. The van der Waals surface area contributed by atoms with Gasteiger partial charge in [-0.3, -0.25) is 0 Å². The molecule has 0 fully saturated rings. The maximum absolute atomic E-state index is 13.4. The molecule has 0 atom stereocenters. The van der Waals surface area contributed by atoms with Crippen molar-refractivity contribution in [3.8, 4) is 0 Å². The minimum absolute atomic E-state index is 0.155. The predicted octanol–water partition coefficient (Wildman–Crippen LogP) is 4.38. The van der Waals surface area contributed by atoms with Crippen LogP contribution in [0.5, 0.6) is 0 Å². The highest BCUT2D eigenvalue weighted by Gasteiger charge is 2.40. The van der Waals surface area contributed by atoms with E-state index >= 15 is 0 Å². The lowest BCUT2D eigenvalue weighted by Gasteiger charge is -2.16. The monoisotopic (exact) mass is 256 g/mol. The molecule has 0 bridgehead atoms. The maximum atomic E-state index is 13.4. The van der Waals surface area contributed by atoms with Crippen LogP contribution in [0, 0.1) is 24.4 Å². The van der Waals surface area contributed by atoms with E-state index in [-0.39, 0.29) is 12.8 Å². The number of hydrogen-bond acceptors (Lipinski definition) is 0. The number of rotatable bonds is 2. The van der Waals surface area contributed by atoms with Crippen molar-refractivity contribution in [2.24, 2.45) is 0 Å². The third kappa shape index (κ3) is 2.40. The summed E-state index contributed by atoms with van der Waals surface area (Å²) in [5, 5.41) is 0. The quantitative estimate of drug-likeness (QED) is 0.544. The molecule has 0 aliphatic rings. The summed E-state index contributed by atoms with van der Waals surface area (Å²) in [6.45, 7) is 2.27. The highest BCUT2D eigenvalue weighted by atomic mass is 19.4. The van der Waals surface area contributed by atoms with E-state index < -0.39 is 40.3 Å². The molecule has 0 saturated carbocycles. The van der Waals surface area contributed by atoms with Gasteiger partial charge in [0.2, 0.25) is 0 Å². The fourth-order valence-corrected chi connectivity index (χ4v) is 1.60. The molecule has 0 heterocycles. The molecule has 0 radical (unpaired) electrons. The molecule has 0 N–H and O–H groups in total. The molecule has 17 heavy (non-hydrogen) atoms. The standard InChI is InChI=1S/C11H10F6/c1-3-4-6-7(11(15,16)17)8(12)5(2)9(13)10(6)14/h3-4H2,1-2H3. The zero-order chi connectivity index (χ0) is 13.4. The first-order valence-electron chi connectivity index (χ1n) is 4.94. The van der Waals surface area contributed by atoms with Crippen LogP contribution in [0.3, 0.4) is 0 Å². The van der Waals surface area contributed by atoms with Gasteiger partial charge in [-0.05, 0) is 13.3 Å². The normalized spacial score (nSPS) is 12.0. The van der Waals surface area contributed by atoms with E-state index in [1.807, 2.05) is 0 Å². The molecule has 1 aromatic carbocycles. The molecule has 0 nitrogen and oxygen atoms in total. The minimum Gasteiger partial charge on any atom is -0.206 e. The largest absolute Gasteiger partial charge is 0.419 e. The Kier molecular flexibility index (Phi) is 3.74. The van der Waals surface area contributed by atoms with Gasteiger partial charge in [0.05, 0.1) is 5.56 Å². The minimum atomic E-state index is -5.03. The van der Waals surface area contributed by atoms with Gasteiger partial charge in [0, 0.05) is 11.1 Å². The fourth-order valence-electron chi connectivity index (χ4n) is 1.60. The summed E-state index contributed by atoms with van der Waals surface area (Å²) < 4.78 is 77.7. The van der Waals surface area contributed by atoms with E-state index in [1.165, 1.54) is 6.92 Å². The van der Waals surface area contributed by atoms with Crippen molar-refractivity contribution < 1.29 is 26.3 Å². The average Bonchev–Trinajstić information content (AvgIpc) is 2.21. The molecule has 0 unspecified atom stereocenters. The number of hydrogen-bond donors (Lipinski definition) is 0. The van der Waals surface area contributed by atoms with Crippen LogP contribution >= 0.6 is 0 Å². The molecule has 1 rings (SSSR count). The van der Waals surface area contributed by atoms with Crippen LogP contribution < -0.4 is 0 Å². The third-order valence-corrected chi connectivity index (χ3v) is 2.42. The van der Waals surface area contributed by atoms with Crippen LogP contribution in [0.15, 0.2) is 0 Å². The summed E-state index contributed by atoms with van der Waals surface area (Å²) in [6, 6.07) is 0. The van der Waals surface area contributed by atoms with Crippen LogP contribution in [0.1, 0.15) is 30.0 Å². The molecule has 96 valence electrons. The molecule has 6 heteroatoms. The number of alkyl halides is 3. The predicted molar refractivity (Wildman–Crippen MR) is 50.1 cm³/mol. The van der Waals surface area contributed by atoms with Crippen molar-refractivity contribution in [3.63, 3.8) is 0 Å². The zero-order valence-electron chi connectivity index (χ0n) is 9.18. The Bertz CT molecular complexity index is 433. The van der Waals surface area contributed by atoms with E-state index in [0.29, 0.717) is 0 Å². The van der Waals surface area contributed by atoms with Gasteiger partial charge in [0.25, 0.3) is 0 Å². The SMILES string of the molecule is CCCc1c(F)c(F)c(C)c(F)c1C(F)(F)F. The lowest BCUT2D eigenvalue weighted by molar-refractivity contribution is -0.141. The number of benzene rings is 1. The molecule has 0 aromatic heterocycles. The van der Waals surface area contributed by atoms with E-state index in [2.05, 4.69) is 0 Å². The number of halogens is 6. The smallest absolute Gasteiger partial charge is 0.206 e. The van der Waals surface area contributed by atoms with Gasteiger partial charge in [-0.15, -0.1) is 0 Å². The van der Waals surface area contributed by atoms with E-state index in [9.17, 15) is 26.3 Å². The molecule has 1 aromatic rings. The van der Waals surface area contributed by atoms with Gasteiger partial charge >= 0.3 is 6.18 Å². The third-order valence-electron chi connectivity index (χ3n) is 2.42. The van der Waals surface area contributed by atoms with Crippen LogP contribution in [0.25, 0.3) is 0 Å². The lowest BCUT2D eigenvalue weighted by atomic mass is 9.98. The van der Waals surface area contributed by atoms with Crippen LogP contribution in [0.4, 0.5) is 26.3 Å². The summed E-state index contributed by atoms with van der Waals surface area (Å²) >= 11 is 0. The lowest BCUT2D eigenvalue weighted by Crippen LogP contribution is -2.17. The van der Waals surface area contributed by atoms with Crippen LogP contribution in [-0.2, 0) is 12.6 Å². The Morgan fingerprint density at radius 1 is 0.941 bits per heavy atom. The topological polar surface area (TPSA) is 0 Å². The molecule has 0 saturated heterocycles. The highest BCUT2D eigenvalue weighted by Crippen LogP contribution is 2.38. The van der Waals surface area contributed by atoms with Crippen molar-refractivity contribution in [3.05, 3.63) is 34.1 Å². The average molecular weight is 256 g/mol. The Labute approximate surface area is 94.2 Å². The van der Waals surface area contributed by atoms with Gasteiger partial charge in [0.1, 0.15) is 5.82 Å². The summed E-state index contributed by atoms with van der Waals surface area (Å²) in [7, 11) is 0. The Morgan fingerprint density at radius 2 is 1.47 bits per heavy atom. The van der Waals surface area contributed by atoms with Crippen molar-refractivity contribution in [2.75, 3.05) is 0 Å². The molecular formula is C11H10F6.